The first-order valence-electron chi connectivity index (χ1n) is 8.30. The van der Waals surface area contributed by atoms with Crippen LogP contribution in [0.3, 0.4) is 0 Å². The molecule has 2 N–H and O–H groups in total. The van der Waals surface area contributed by atoms with Crippen molar-refractivity contribution in [1.29, 1.82) is 0 Å². The van der Waals surface area contributed by atoms with Gasteiger partial charge in [0, 0.05) is 12.8 Å². The highest BCUT2D eigenvalue weighted by atomic mass is 16.5. The molecule has 0 fully saturated rings. The molecule has 0 heterocycles. The van der Waals surface area contributed by atoms with E-state index < -0.39 is 5.97 Å². The van der Waals surface area contributed by atoms with E-state index in [9.17, 15) is 14.7 Å². The van der Waals surface area contributed by atoms with Gasteiger partial charge < -0.3 is 14.9 Å². The van der Waals surface area contributed by atoms with Crippen molar-refractivity contribution in [3.63, 3.8) is 0 Å². The molecule has 0 saturated heterocycles. The summed E-state index contributed by atoms with van der Waals surface area (Å²) in [6.45, 7) is 0. The van der Waals surface area contributed by atoms with Crippen LogP contribution in [-0.2, 0) is 16.0 Å². The van der Waals surface area contributed by atoms with Crippen molar-refractivity contribution in [2.75, 3.05) is 7.11 Å². The molecule has 1 aromatic carbocycles. The molecule has 1 rings (SSSR count). The van der Waals surface area contributed by atoms with Crippen molar-refractivity contribution in [3.05, 3.63) is 35.9 Å². The van der Waals surface area contributed by atoms with Gasteiger partial charge in [0.05, 0.1) is 7.11 Å². The maximum Gasteiger partial charge on any atom is 0.303 e. The Bertz CT molecular complexity index is 563. The highest BCUT2D eigenvalue weighted by Crippen LogP contribution is 2.26. The molecule has 0 aliphatic carbocycles. The molecule has 0 saturated carbocycles. The number of rotatable bonds is 12. The minimum atomic E-state index is -0.744. The molecular formula is C19H26O5. The molecule has 0 radical (unpaired) electrons. The Labute approximate surface area is 143 Å². The number of ether oxygens (including phenoxy) is 1. The summed E-state index contributed by atoms with van der Waals surface area (Å²) in [7, 11) is 1.49. The topological polar surface area (TPSA) is 83.8 Å². The second kappa shape index (κ2) is 11.3. The van der Waals surface area contributed by atoms with Gasteiger partial charge in [0.2, 0.25) is 0 Å². The average molecular weight is 334 g/mol. The smallest absolute Gasteiger partial charge is 0.303 e. The van der Waals surface area contributed by atoms with Crippen LogP contribution in [0, 0.1) is 0 Å². The van der Waals surface area contributed by atoms with Crippen LogP contribution in [0.1, 0.15) is 50.5 Å². The molecule has 5 nitrogen and oxygen atoms in total. The van der Waals surface area contributed by atoms with Crippen molar-refractivity contribution in [2.45, 2.75) is 51.4 Å². The molecule has 0 amide bonds. The molecule has 1 aromatic rings. The van der Waals surface area contributed by atoms with Gasteiger partial charge in [0.1, 0.15) is 0 Å². The van der Waals surface area contributed by atoms with E-state index in [0.717, 1.165) is 31.2 Å². The van der Waals surface area contributed by atoms with Crippen molar-refractivity contribution in [1.82, 2.24) is 0 Å². The van der Waals surface area contributed by atoms with Crippen LogP contribution in [0.15, 0.2) is 30.4 Å². The Hall–Kier alpha value is -2.30. The van der Waals surface area contributed by atoms with E-state index in [1.54, 1.807) is 24.3 Å². The molecule has 24 heavy (non-hydrogen) atoms. The van der Waals surface area contributed by atoms with E-state index in [4.69, 9.17) is 9.84 Å². The number of carbonyl (C=O) groups is 2. The van der Waals surface area contributed by atoms with Crippen molar-refractivity contribution in [3.8, 4) is 11.5 Å². The van der Waals surface area contributed by atoms with Crippen LogP contribution < -0.4 is 4.74 Å². The predicted octanol–water partition coefficient (Wildman–Crippen LogP) is 3.88. The number of benzene rings is 1. The average Bonchev–Trinajstić information content (AvgIpc) is 2.56. The normalized spacial score (nSPS) is 10.9. The fraction of sp³-hybridized carbons (Fsp3) is 0.474. The number of unbranched alkanes of at least 4 members (excludes halogenated alkanes) is 4. The first kappa shape index (κ1) is 19.7. The SMILES string of the molecule is COc1cc(CCC(=O)/C=C/CCCCCCC(=O)O)ccc1O. The summed E-state index contributed by atoms with van der Waals surface area (Å²) in [5.41, 5.74) is 0.949. The Balaban J connectivity index is 2.18. The van der Waals surface area contributed by atoms with Crippen molar-refractivity contribution < 1.29 is 24.5 Å². The number of aromatic hydroxyl groups is 1. The second-order valence-electron chi connectivity index (χ2n) is 5.72. The summed E-state index contributed by atoms with van der Waals surface area (Å²) in [5.74, 6) is -0.158. The third-order valence-electron chi connectivity index (χ3n) is 3.72. The van der Waals surface area contributed by atoms with E-state index in [-0.39, 0.29) is 18.0 Å². The van der Waals surface area contributed by atoms with Crippen LogP contribution in [0.25, 0.3) is 0 Å². The van der Waals surface area contributed by atoms with Gasteiger partial charge in [-0.3, -0.25) is 9.59 Å². The van der Waals surface area contributed by atoms with Gasteiger partial charge in [0.15, 0.2) is 17.3 Å². The van der Waals surface area contributed by atoms with Crippen LogP contribution in [0.2, 0.25) is 0 Å². The standard InChI is InChI=1S/C19H26O5/c1-24-18-14-15(11-13-17(18)21)10-12-16(20)8-6-4-2-3-5-7-9-19(22)23/h6,8,11,13-14,21H,2-5,7,9-10,12H2,1H3,(H,22,23)/b8-6+. The predicted molar refractivity (Wildman–Crippen MR) is 92.5 cm³/mol. The Morgan fingerprint density at radius 3 is 2.58 bits per heavy atom. The van der Waals surface area contributed by atoms with Gasteiger partial charge in [-0.1, -0.05) is 25.0 Å². The third kappa shape index (κ3) is 8.36. The number of carboxylic acids is 1. The number of aryl methyl sites for hydroxylation is 1. The largest absolute Gasteiger partial charge is 0.504 e. The molecule has 0 aliphatic rings. The first-order valence-corrected chi connectivity index (χ1v) is 8.30. The molecule has 0 spiro atoms. The minimum absolute atomic E-state index is 0.0768. The Kier molecular flexibility index (Phi) is 9.27. The zero-order valence-electron chi connectivity index (χ0n) is 14.2. The van der Waals surface area contributed by atoms with Crippen LogP contribution >= 0.6 is 0 Å². The lowest BCUT2D eigenvalue weighted by Gasteiger charge is -2.05. The number of allylic oxidation sites excluding steroid dienone is 2. The molecule has 0 bridgehead atoms. The van der Waals surface area contributed by atoms with Gasteiger partial charge in [-0.25, -0.2) is 0 Å². The highest BCUT2D eigenvalue weighted by Gasteiger charge is 2.04. The summed E-state index contributed by atoms with van der Waals surface area (Å²) < 4.78 is 5.04. The molecule has 132 valence electrons. The number of phenols is 1. The summed E-state index contributed by atoms with van der Waals surface area (Å²) in [6, 6.07) is 5.09. The summed E-state index contributed by atoms with van der Waals surface area (Å²) in [5, 5.41) is 18.1. The van der Waals surface area contributed by atoms with Crippen LogP contribution in [-0.4, -0.2) is 29.1 Å². The number of carbonyl (C=O) groups excluding carboxylic acids is 1. The Morgan fingerprint density at radius 2 is 1.88 bits per heavy atom. The molecule has 0 atom stereocenters. The highest BCUT2D eigenvalue weighted by molar-refractivity contribution is 5.89. The maximum atomic E-state index is 11.8. The minimum Gasteiger partial charge on any atom is -0.504 e. The Morgan fingerprint density at radius 1 is 1.12 bits per heavy atom. The second-order valence-corrected chi connectivity index (χ2v) is 5.72. The number of hydrogen-bond acceptors (Lipinski definition) is 4. The van der Waals surface area contributed by atoms with E-state index >= 15 is 0 Å². The number of phenolic OH excluding ortho intramolecular Hbond substituents is 1. The fourth-order valence-corrected chi connectivity index (χ4v) is 2.34. The first-order chi connectivity index (χ1) is 11.5. The van der Waals surface area contributed by atoms with Gasteiger partial charge in [-0.2, -0.15) is 0 Å². The zero-order valence-corrected chi connectivity index (χ0v) is 14.2. The van der Waals surface area contributed by atoms with Gasteiger partial charge in [-0.05, 0) is 49.5 Å². The molecule has 0 aromatic heterocycles. The van der Waals surface area contributed by atoms with E-state index in [1.807, 2.05) is 6.08 Å². The lowest BCUT2D eigenvalue weighted by Crippen LogP contribution is -1.96. The summed E-state index contributed by atoms with van der Waals surface area (Å²) in [6.07, 6.45) is 9.19. The van der Waals surface area contributed by atoms with Crippen LogP contribution in [0.5, 0.6) is 11.5 Å². The van der Waals surface area contributed by atoms with Crippen molar-refractivity contribution in [2.24, 2.45) is 0 Å². The lowest BCUT2D eigenvalue weighted by atomic mass is 10.1. The quantitative estimate of drug-likeness (QED) is 0.447. The molecular weight excluding hydrogens is 308 g/mol. The molecule has 5 heteroatoms. The van der Waals surface area contributed by atoms with Gasteiger partial charge in [-0.15, -0.1) is 0 Å². The number of carboxylic acid groups (broad SMARTS) is 1. The van der Waals surface area contributed by atoms with E-state index in [2.05, 4.69) is 0 Å². The monoisotopic (exact) mass is 334 g/mol. The van der Waals surface area contributed by atoms with Crippen molar-refractivity contribution >= 4 is 11.8 Å². The zero-order chi connectivity index (χ0) is 17.8. The van der Waals surface area contributed by atoms with E-state index in [0.29, 0.717) is 25.0 Å². The fourth-order valence-electron chi connectivity index (χ4n) is 2.34. The van der Waals surface area contributed by atoms with E-state index in [1.165, 1.54) is 7.11 Å². The number of hydrogen-bond donors (Lipinski definition) is 2. The summed E-state index contributed by atoms with van der Waals surface area (Å²) >= 11 is 0. The number of ketones is 1. The summed E-state index contributed by atoms with van der Waals surface area (Å²) in [4.78, 5) is 22.2. The van der Waals surface area contributed by atoms with Gasteiger partial charge >= 0.3 is 5.97 Å². The lowest BCUT2D eigenvalue weighted by molar-refractivity contribution is -0.137. The van der Waals surface area contributed by atoms with Crippen LogP contribution in [0.4, 0.5) is 0 Å². The third-order valence-corrected chi connectivity index (χ3v) is 3.72. The number of methoxy groups -OCH3 is 1. The number of aliphatic carboxylic acids is 1. The maximum absolute atomic E-state index is 11.8. The molecule has 0 unspecified atom stereocenters. The molecule has 0 aliphatic heterocycles. The van der Waals surface area contributed by atoms with Gasteiger partial charge in [0.25, 0.3) is 0 Å².